The SMILES string of the molecule is O=C(N[C@@H]1CCN(S(=O)(=O)CCCN2CCOCC2)[C@H](Cc2ccccc2)C1)c1cc(C2CC2)on1. The van der Waals surface area contributed by atoms with E-state index in [9.17, 15) is 13.2 Å². The Labute approximate surface area is 213 Å². The van der Waals surface area contributed by atoms with Crippen LogP contribution in [-0.2, 0) is 21.2 Å². The van der Waals surface area contributed by atoms with Crippen LogP contribution in [0, 0.1) is 0 Å². The lowest BCUT2D eigenvalue weighted by molar-refractivity contribution is 0.0380. The summed E-state index contributed by atoms with van der Waals surface area (Å²) in [4.78, 5) is 15.1. The molecule has 196 valence electrons. The van der Waals surface area contributed by atoms with Crippen LogP contribution in [0.5, 0.6) is 0 Å². The summed E-state index contributed by atoms with van der Waals surface area (Å²) in [7, 11) is -3.42. The predicted octanol–water partition coefficient (Wildman–Crippen LogP) is 2.41. The molecule has 0 bridgehead atoms. The van der Waals surface area contributed by atoms with Gasteiger partial charge < -0.3 is 14.6 Å². The van der Waals surface area contributed by atoms with Crippen molar-refractivity contribution >= 4 is 15.9 Å². The van der Waals surface area contributed by atoms with Crippen LogP contribution in [-0.4, -0.2) is 85.9 Å². The van der Waals surface area contributed by atoms with Gasteiger partial charge in [-0.25, -0.2) is 8.42 Å². The van der Waals surface area contributed by atoms with Gasteiger partial charge in [-0.05, 0) is 50.6 Å². The molecule has 3 heterocycles. The van der Waals surface area contributed by atoms with Gasteiger partial charge in [-0.1, -0.05) is 35.5 Å². The Bertz CT molecular complexity index is 1110. The monoisotopic (exact) mass is 516 g/mol. The van der Waals surface area contributed by atoms with Crippen LogP contribution in [0.25, 0.3) is 0 Å². The molecule has 1 amide bonds. The second kappa shape index (κ2) is 11.4. The molecule has 0 unspecified atom stereocenters. The van der Waals surface area contributed by atoms with E-state index in [0.29, 0.717) is 57.1 Å². The highest BCUT2D eigenvalue weighted by Crippen LogP contribution is 2.40. The number of rotatable bonds is 10. The number of morpholine rings is 1. The van der Waals surface area contributed by atoms with E-state index in [4.69, 9.17) is 9.26 Å². The van der Waals surface area contributed by atoms with E-state index < -0.39 is 10.0 Å². The molecule has 1 aliphatic carbocycles. The van der Waals surface area contributed by atoms with Crippen LogP contribution in [0.2, 0.25) is 0 Å². The summed E-state index contributed by atoms with van der Waals surface area (Å²) in [5, 5.41) is 7.03. The van der Waals surface area contributed by atoms with Crippen LogP contribution < -0.4 is 5.32 Å². The third-order valence-corrected chi connectivity index (χ3v) is 9.39. The lowest BCUT2D eigenvalue weighted by Crippen LogP contribution is -2.53. The summed E-state index contributed by atoms with van der Waals surface area (Å²) < 4.78 is 39.3. The molecule has 2 aliphatic heterocycles. The first-order valence-electron chi connectivity index (χ1n) is 13.1. The second-order valence-corrected chi connectivity index (χ2v) is 12.2. The Morgan fingerprint density at radius 2 is 1.86 bits per heavy atom. The number of hydrogen-bond donors (Lipinski definition) is 1. The Hall–Kier alpha value is -2.27. The van der Waals surface area contributed by atoms with E-state index in [0.717, 1.165) is 43.8 Å². The molecular formula is C26H36N4O5S. The molecule has 1 aromatic heterocycles. The molecule has 2 atom stereocenters. The summed E-state index contributed by atoms with van der Waals surface area (Å²) in [6, 6.07) is 11.4. The smallest absolute Gasteiger partial charge is 0.273 e. The summed E-state index contributed by atoms with van der Waals surface area (Å²) in [5.74, 6) is 1.05. The van der Waals surface area contributed by atoms with Crippen LogP contribution in [0.15, 0.2) is 40.9 Å². The van der Waals surface area contributed by atoms with E-state index in [-0.39, 0.29) is 23.7 Å². The molecule has 2 aromatic rings. The van der Waals surface area contributed by atoms with Crippen molar-refractivity contribution < 1.29 is 22.5 Å². The zero-order chi connectivity index (χ0) is 25.0. The first kappa shape index (κ1) is 25.4. The van der Waals surface area contributed by atoms with Crippen molar-refractivity contribution in [1.29, 1.82) is 0 Å². The Morgan fingerprint density at radius 3 is 2.61 bits per heavy atom. The zero-order valence-electron chi connectivity index (χ0n) is 20.7. The number of benzene rings is 1. The van der Waals surface area contributed by atoms with Gasteiger partial charge in [-0.15, -0.1) is 0 Å². The summed E-state index contributed by atoms with van der Waals surface area (Å²) in [5.41, 5.74) is 1.39. The minimum Gasteiger partial charge on any atom is -0.379 e. The quantitative estimate of drug-likeness (QED) is 0.517. The van der Waals surface area contributed by atoms with Crippen LogP contribution in [0.3, 0.4) is 0 Å². The number of piperidine rings is 1. The van der Waals surface area contributed by atoms with E-state index >= 15 is 0 Å². The van der Waals surface area contributed by atoms with E-state index in [1.165, 1.54) is 0 Å². The highest BCUT2D eigenvalue weighted by atomic mass is 32.2. The summed E-state index contributed by atoms with van der Waals surface area (Å²) in [6.07, 6.45) is 4.52. The van der Waals surface area contributed by atoms with Crippen molar-refractivity contribution in [3.63, 3.8) is 0 Å². The number of nitrogens with one attached hydrogen (secondary N) is 1. The Balaban J connectivity index is 1.22. The molecule has 10 heteroatoms. The zero-order valence-corrected chi connectivity index (χ0v) is 21.5. The first-order valence-corrected chi connectivity index (χ1v) is 14.7. The minimum absolute atomic E-state index is 0.118. The van der Waals surface area contributed by atoms with Crippen LogP contribution in [0.1, 0.15) is 59.8 Å². The van der Waals surface area contributed by atoms with Crippen molar-refractivity contribution in [2.75, 3.05) is 45.1 Å². The van der Waals surface area contributed by atoms with Crippen LogP contribution >= 0.6 is 0 Å². The number of amides is 1. The maximum absolute atomic E-state index is 13.4. The standard InChI is InChI=1S/C26H36N4O5S/c31-26(24-19-25(35-28-24)21-7-8-21)27-22-9-11-30(23(18-22)17-20-5-2-1-3-6-20)36(32,33)16-4-10-29-12-14-34-15-13-29/h1-3,5-6,19,21-23H,4,7-18H2,(H,27,31)/t22-,23-/m1/s1. The van der Waals surface area contributed by atoms with E-state index in [1.54, 1.807) is 10.4 Å². The second-order valence-electron chi connectivity index (χ2n) is 10.2. The minimum atomic E-state index is -3.42. The highest BCUT2D eigenvalue weighted by molar-refractivity contribution is 7.89. The van der Waals surface area contributed by atoms with Gasteiger partial charge in [0.05, 0.1) is 19.0 Å². The number of nitrogens with zero attached hydrogens (tertiary/aromatic N) is 3. The maximum Gasteiger partial charge on any atom is 0.273 e. The lowest BCUT2D eigenvalue weighted by Gasteiger charge is -2.39. The number of sulfonamides is 1. The number of carbonyl (C=O) groups excluding carboxylic acids is 1. The van der Waals surface area contributed by atoms with Gasteiger partial charge in [0.25, 0.3) is 5.91 Å². The fraction of sp³-hybridized carbons (Fsp3) is 0.615. The topological polar surface area (TPSA) is 105 Å². The molecule has 1 aromatic carbocycles. The predicted molar refractivity (Wildman–Crippen MR) is 135 cm³/mol. The molecule has 0 spiro atoms. The Kier molecular flexibility index (Phi) is 8.05. The van der Waals surface area contributed by atoms with Crippen LogP contribution in [0.4, 0.5) is 0 Å². The molecule has 3 fully saturated rings. The number of ether oxygens (including phenoxy) is 1. The van der Waals surface area contributed by atoms with Gasteiger partial charge in [-0.3, -0.25) is 9.69 Å². The highest BCUT2D eigenvalue weighted by Gasteiger charge is 2.37. The molecule has 5 rings (SSSR count). The van der Waals surface area contributed by atoms with Gasteiger partial charge >= 0.3 is 0 Å². The van der Waals surface area contributed by atoms with Gasteiger partial charge in [0.15, 0.2) is 5.69 Å². The number of aromatic nitrogens is 1. The molecule has 36 heavy (non-hydrogen) atoms. The normalized spacial score (nSPS) is 24.0. The third-order valence-electron chi connectivity index (χ3n) is 7.39. The molecule has 1 saturated carbocycles. The largest absolute Gasteiger partial charge is 0.379 e. The molecule has 3 aliphatic rings. The fourth-order valence-electron chi connectivity index (χ4n) is 5.23. The van der Waals surface area contributed by atoms with E-state index in [1.807, 2.05) is 30.3 Å². The summed E-state index contributed by atoms with van der Waals surface area (Å²) >= 11 is 0. The van der Waals surface area contributed by atoms with Crippen molar-refractivity contribution in [2.24, 2.45) is 0 Å². The summed E-state index contributed by atoms with van der Waals surface area (Å²) in [6.45, 7) is 4.29. The molecule has 1 N–H and O–H groups in total. The van der Waals surface area contributed by atoms with E-state index in [2.05, 4.69) is 15.4 Å². The fourth-order valence-corrected chi connectivity index (χ4v) is 6.95. The average Bonchev–Trinajstić information content (AvgIpc) is 3.61. The molecule has 2 saturated heterocycles. The van der Waals surface area contributed by atoms with Crippen molar-refractivity contribution in [3.05, 3.63) is 53.4 Å². The van der Waals surface area contributed by atoms with Gasteiger partial charge in [0.1, 0.15) is 5.76 Å². The first-order chi connectivity index (χ1) is 17.5. The van der Waals surface area contributed by atoms with Gasteiger partial charge in [0, 0.05) is 43.7 Å². The van der Waals surface area contributed by atoms with Crippen molar-refractivity contribution in [3.8, 4) is 0 Å². The number of hydrogen-bond acceptors (Lipinski definition) is 7. The Morgan fingerprint density at radius 1 is 1.08 bits per heavy atom. The van der Waals surface area contributed by atoms with Gasteiger partial charge in [-0.2, -0.15) is 4.31 Å². The van der Waals surface area contributed by atoms with Crippen molar-refractivity contribution in [1.82, 2.24) is 19.7 Å². The maximum atomic E-state index is 13.4. The third kappa shape index (κ3) is 6.53. The molecular weight excluding hydrogens is 480 g/mol. The lowest BCUT2D eigenvalue weighted by atomic mass is 9.94. The molecule has 9 nitrogen and oxygen atoms in total. The van der Waals surface area contributed by atoms with Gasteiger partial charge in [0.2, 0.25) is 10.0 Å². The van der Waals surface area contributed by atoms with Crippen molar-refractivity contribution in [2.45, 2.75) is 56.5 Å². The number of carbonyl (C=O) groups is 1. The molecule has 0 radical (unpaired) electrons. The average molecular weight is 517 g/mol.